The largest absolute Gasteiger partial charge is 0.357 e. The number of para-hydroxylation sites is 1. The van der Waals surface area contributed by atoms with E-state index in [2.05, 4.69) is 5.32 Å². The molecule has 0 bridgehead atoms. The molecule has 7 nitrogen and oxygen atoms in total. The number of hydrogen-bond donors (Lipinski definition) is 1. The quantitative estimate of drug-likeness (QED) is 0.284. The average Bonchev–Trinajstić information content (AvgIpc) is 2.99. The minimum atomic E-state index is -4.35. The second-order valence-electron chi connectivity index (χ2n) is 9.23. The van der Waals surface area contributed by atoms with Crippen LogP contribution in [0.1, 0.15) is 11.1 Å². The van der Waals surface area contributed by atoms with E-state index >= 15 is 0 Å². The van der Waals surface area contributed by atoms with Crippen LogP contribution in [0.2, 0.25) is 0 Å². The van der Waals surface area contributed by atoms with Crippen LogP contribution >= 0.6 is 0 Å². The average molecular weight is 578 g/mol. The van der Waals surface area contributed by atoms with E-state index in [1.807, 2.05) is 6.07 Å². The fourth-order valence-corrected chi connectivity index (χ4v) is 5.80. The van der Waals surface area contributed by atoms with E-state index in [4.69, 9.17) is 0 Å². The van der Waals surface area contributed by atoms with Crippen LogP contribution in [0.15, 0.2) is 114 Å². The summed E-state index contributed by atoms with van der Waals surface area (Å²) in [6, 6.07) is 26.1. The van der Waals surface area contributed by atoms with E-state index in [-0.39, 0.29) is 29.1 Å². The molecule has 0 saturated carbocycles. The number of nitrogens with one attached hydrogen (secondary N) is 1. The van der Waals surface area contributed by atoms with Gasteiger partial charge in [0.15, 0.2) is 0 Å². The van der Waals surface area contributed by atoms with Crippen molar-refractivity contribution in [1.29, 1.82) is 0 Å². The van der Waals surface area contributed by atoms with Gasteiger partial charge in [-0.05, 0) is 48.0 Å². The number of amides is 2. The van der Waals surface area contributed by atoms with E-state index in [1.54, 1.807) is 48.5 Å². The van der Waals surface area contributed by atoms with E-state index in [1.165, 1.54) is 42.3 Å². The van der Waals surface area contributed by atoms with E-state index < -0.39 is 46.1 Å². The maximum Gasteiger partial charge on any atom is 0.264 e. The second-order valence-corrected chi connectivity index (χ2v) is 11.1. The van der Waals surface area contributed by atoms with Crippen LogP contribution in [0.3, 0.4) is 0 Å². The van der Waals surface area contributed by atoms with Crippen LogP contribution in [0.25, 0.3) is 0 Å². The number of carbonyl (C=O) groups is 2. The van der Waals surface area contributed by atoms with Crippen molar-refractivity contribution in [2.24, 2.45) is 0 Å². The molecule has 4 aromatic carbocycles. The van der Waals surface area contributed by atoms with Crippen LogP contribution in [-0.4, -0.2) is 44.8 Å². The molecular formula is C31H29F2N3O4S. The lowest BCUT2D eigenvalue weighted by Crippen LogP contribution is -2.53. The summed E-state index contributed by atoms with van der Waals surface area (Å²) in [5.74, 6) is -2.41. The minimum Gasteiger partial charge on any atom is -0.357 e. The third-order valence-electron chi connectivity index (χ3n) is 6.54. The van der Waals surface area contributed by atoms with E-state index in [0.717, 1.165) is 34.1 Å². The van der Waals surface area contributed by atoms with Gasteiger partial charge in [0, 0.05) is 25.6 Å². The highest BCUT2D eigenvalue weighted by Crippen LogP contribution is 2.25. The molecule has 10 heteroatoms. The van der Waals surface area contributed by atoms with Gasteiger partial charge in [-0.25, -0.2) is 17.2 Å². The van der Waals surface area contributed by atoms with E-state index in [0.29, 0.717) is 0 Å². The van der Waals surface area contributed by atoms with Gasteiger partial charge in [0.25, 0.3) is 10.0 Å². The third-order valence-corrected chi connectivity index (χ3v) is 8.33. The van der Waals surface area contributed by atoms with Gasteiger partial charge in [-0.1, -0.05) is 66.7 Å². The summed E-state index contributed by atoms with van der Waals surface area (Å²) in [6.45, 7) is -0.976. The van der Waals surface area contributed by atoms with Gasteiger partial charge >= 0.3 is 0 Å². The van der Waals surface area contributed by atoms with Crippen molar-refractivity contribution < 1.29 is 26.8 Å². The molecule has 0 aromatic heterocycles. The van der Waals surface area contributed by atoms with E-state index in [9.17, 15) is 26.8 Å². The monoisotopic (exact) mass is 577 g/mol. The van der Waals surface area contributed by atoms with Crippen molar-refractivity contribution in [3.8, 4) is 0 Å². The topological polar surface area (TPSA) is 86.8 Å². The van der Waals surface area contributed by atoms with Crippen LogP contribution in [0, 0.1) is 11.6 Å². The molecular weight excluding hydrogens is 548 g/mol. The Bertz CT molecular complexity index is 1580. The third kappa shape index (κ3) is 7.15. The number of nitrogens with zero attached hydrogens (tertiary/aromatic N) is 2. The predicted molar refractivity (Wildman–Crippen MR) is 152 cm³/mol. The highest BCUT2D eigenvalue weighted by atomic mass is 32.2. The van der Waals surface area contributed by atoms with Gasteiger partial charge in [-0.3, -0.25) is 13.9 Å². The van der Waals surface area contributed by atoms with Crippen LogP contribution in [0.4, 0.5) is 14.5 Å². The molecule has 1 atom stereocenters. The number of sulfonamides is 1. The van der Waals surface area contributed by atoms with Gasteiger partial charge in [-0.2, -0.15) is 0 Å². The minimum absolute atomic E-state index is 0.108. The number of halogens is 2. The summed E-state index contributed by atoms with van der Waals surface area (Å²) in [6.07, 6.45) is 0.108. The highest BCUT2D eigenvalue weighted by Gasteiger charge is 2.34. The molecule has 0 aliphatic rings. The van der Waals surface area contributed by atoms with Crippen molar-refractivity contribution in [3.63, 3.8) is 0 Å². The smallest absolute Gasteiger partial charge is 0.264 e. The van der Waals surface area contributed by atoms with Gasteiger partial charge in [0.1, 0.15) is 24.2 Å². The molecule has 0 aliphatic heterocycles. The molecule has 0 radical (unpaired) electrons. The Morgan fingerprint density at radius 1 is 0.805 bits per heavy atom. The zero-order chi connectivity index (χ0) is 29.4. The summed E-state index contributed by atoms with van der Waals surface area (Å²) < 4.78 is 56.8. The number of rotatable bonds is 11. The highest BCUT2D eigenvalue weighted by molar-refractivity contribution is 7.92. The first-order chi connectivity index (χ1) is 19.7. The number of carbonyl (C=O) groups excluding carboxylic acids is 2. The normalized spacial score (nSPS) is 11.9. The molecule has 0 heterocycles. The lowest BCUT2D eigenvalue weighted by atomic mass is 10.0. The Hall–Kier alpha value is -4.57. The molecule has 4 aromatic rings. The fourth-order valence-electron chi connectivity index (χ4n) is 4.39. The van der Waals surface area contributed by atoms with Gasteiger partial charge in [0.05, 0.1) is 10.6 Å². The van der Waals surface area contributed by atoms with Crippen molar-refractivity contribution in [3.05, 3.63) is 132 Å². The fraction of sp³-hybridized carbons (Fsp3) is 0.161. The Morgan fingerprint density at radius 2 is 1.39 bits per heavy atom. The van der Waals surface area contributed by atoms with Gasteiger partial charge in [-0.15, -0.1) is 0 Å². The number of anilines is 1. The SMILES string of the molecule is CNC(=O)[C@@H](Cc1ccccc1)N(Cc1ccccc1F)C(=O)CN(c1ccccc1)S(=O)(=O)c1ccc(F)cc1. The summed E-state index contributed by atoms with van der Waals surface area (Å²) in [5.41, 5.74) is 1.11. The van der Waals surface area contributed by atoms with Crippen LogP contribution in [0.5, 0.6) is 0 Å². The molecule has 1 N–H and O–H groups in total. The van der Waals surface area contributed by atoms with Crippen LogP contribution in [-0.2, 0) is 32.6 Å². The predicted octanol–water partition coefficient (Wildman–Crippen LogP) is 4.55. The van der Waals surface area contributed by atoms with Gasteiger partial charge < -0.3 is 10.2 Å². The standard InChI is InChI=1S/C31H29F2N3O4S/c1-34-31(38)29(20-23-10-4-2-5-11-23)35(21-24-12-8-9-15-28(24)33)30(37)22-36(26-13-6-3-7-14-26)41(39,40)27-18-16-25(32)17-19-27/h2-19,29H,20-22H2,1H3,(H,34,38)/t29-/m1/s1. The zero-order valence-electron chi connectivity index (χ0n) is 22.3. The summed E-state index contributed by atoms with van der Waals surface area (Å²) in [5, 5.41) is 2.57. The molecule has 0 saturated heterocycles. The van der Waals surface area contributed by atoms with Crippen molar-refractivity contribution in [1.82, 2.24) is 10.2 Å². The molecule has 0 aliphatic carbocycles. The molecule has 2 amide bonds. The first kappa shape index (κ1) is 29.4. The maximum absolute atomic E-state index is 14.8. The molecule has 0 fully saturated rings. The van der Waals surface area contributed by atoms with Crippen molar-refractivity contribution in [2.45, 2.75) is 23.9 Å². The van der Waals surface area contributed by atoms with Crippen LogP contribution < -0.4 is 9.62 Å². The van der Waals surface area contributed by atoms with Gasteiger partial charge in [0.2, 0.25) is 11.8 Å². The number of benzene rings is 4. The molecule has 0 unspecified atom stereocenters. The maximum atomic E-state index is 14.8. The summed E-state index contributed by atoms with van der Waals surface area (Å²) in [4.78, 5) is 28.2. The Labute approximate surface area is 238 Å². The molecule has 0 spiro atoms. The lowest BCUT2D eigenvalue weighted by molar-refractivity contribution is -0.139. The Morgan fingerprint density at radius 3 is 2.00 bits per heavy atom. The number of likely N-dealkylation sites (N-methyl/N-ethyl adjacent to an activating group) is 1. The first-order valence-electron chi connectivity index (χ1n) is 12.8. The first-order valence-corrected chi connectivity index (χ1v) is 14.3. The van der Waals surface area contributed by atoms with Crippen molar-refractivity contribution >= 4 is 27.5 Å². The zero-order valence-corrected chi connectivity index (χ0v) is 23.1. The molecule has 41 heavy (non-hydrogen) atoms. The molecule has 212 valence electrons. The van der Waals surface area contributed by atoms with Crippen molar-refractivity contribution in [2.75, 3.05) is 17.9 Å². The second kappa shape index (κ2) is 13.2. The summed E-state index contributed by atoms with van der Waals surface area (Å²) >= 11 is 0. The molecule has 4 rings (SSSR count). The Kier molecular flexibility index (Phi) is 9.46. The Balaban J connectivity index is 1.78. The number of hydrogen-bond acceptors (Lipinski definition) is 4. The summed E-state index contributed by atoms with van der Waals surface area (Å²) in [7, 11) is -2.91. The lowest BCUT2D eigenvalue weighted by Gasteiger charge is -2.33.